The summed E-state index contributed by atoms with van der Waals surface area (Å²) in [4.78, 5) is 37.3. The number of methoxy groups -OCH3 is 1. The largest absolute Gasteiger partial charge is 0.496 e. The van der Waals surface area contributed by atoms with Crippen LogP contribution in [0.4, 0.5) is 5.69 Å². The molecule has 1 aromatic carbocycles. The van der Waals surface area contributed by atoms with Gasteiger partial charge in [-0.3, -0.25) is 9.59 Å². The number of hydrogen-bond donors (Lipinski definition) is 1. The highest BCUT2D eigenvalue weighted by molar-refractivity contribution is 6.39. The van der Waals surface area contributed by atoms with Gasteiger partial charge in [-0.1, -0.05) is 11.6 Å². The molecule has 3 rings (SSSR count). The lowest BCUT2D eigenvalue weighted by Crippen LogP contribution is -2.32. The van der Waals surface area contributed by atoms with Crippen LogP contribution in [0.3, 0.4) is 0 Å². The normalized spacial score (nSPS) is 17.6. The molecular weight excluding hydrogens is 322 g/mol. The van der Waals surface area contributed by atoms with Gasteiger partial charge in [0.15, 0.2) is 0 Å². The third-order valence-electron chi connectivity index (χ3n) is 4.13. The van der Waals surface area contributed by atoms with Gasteiger partial charge in [-0.25, -0.2) is 9.69 Å². The number of carbonyl (C=O) groups is 3. The zero-order valence-electron chi connectivity index (χ0n) is 12.4. The Hall–Kier alpha value is -2.34. The topological polar surface area (TPSA) is 83.9 Å². The molecule has 0 atom stereocenters. The molecule has 1 aliphatic heterocycles. The van der Waals surface area contributed by atoms with Crippen LogP contribution in [0.2, 0.25) is 5.02 Å². The number of carboxylic acids is 1. The van der Waals surface area contributed by atoms with Crippen LogP contribution in [-0.2, 0) is 9.59 Å². The summed E-state index contributed by atoms with van der Waals surface area (Å²) in [5.41, 5.74) is 1.10. The Labute approximate surface area is 137 Å². The first-order valence-corrected chi connectivity index (χ1v) is 7.55. The van der Waals surface area contributed by atoms with Crippen molar-refractivity contribution >= 4 is 35.1 Å². The number of aromatic carboxylic acids is 1. The number of nitrogens with zero attached hydrogens (tertiary/aromatic N) is 1. The van der Waals surface area contributed by atoms with Crippen molar-refractivity contribution in [2.24, 2.45) is 0 Å². The van der Waals surface area contributed by atoms with E-state index in [1.54, 1.807) is 0 Å². The summed E-state index contributed by atoms with van der Waals surface area (Å²) in [7, 11) is 1.32. The predicted octanol–water partition coefficient (Wildman–Crippen LogP) is 2.79. The van der Waals surface area contributed by atoms with Crippen LogP contribution in [-0.4, -0.2) is 30.0 Å². The maximum absolute atomic E-state index is 12.6. The van der Waals surface area contributed by atoms with Gasteiger partial charge in [-0.05, 0) is 31.7 Å². The molecule has 0 fully saturated rings. The van der Waals surface area contributed by atoms with E-state index in [1.807, 2.05) is 0 Å². The van der Waals surface area contributed by atoms with Crippen molar-refractivity contribution in [3.05, 3.63) is 33.9 Å². The molecule has 0 unspecified atom stereocenters. The summed E-state index contributed by atoms with van der Waals surface area (Å²) in [5, 5.41) is 9.17. The van der Waals surface area contributed by atoms with Gasteiger partial charge < -0.3 is 9.84 Å². The molecule has 0 saturated heterocycles. The highest BCUT2D eigenvalue weighted by Crippen LogP contribution is 2.40. The van der Waals surface area contributed by atoms with Crippen molar-refractivity contribution in [1.29, 1.82) is 0 Å². The maximum atomic E-state index is 12.6. The number of imide groups is 1. The highest BCUT2D eigenvalue weighted by Gasteiger charge is 2.40. The average Bonchev–Trinajstić information content (AvgIpc) is 2.79. The van der Waals surface area contributed by atoms with Crippen LogP contribution < -0.4 is 9.64 Å². The van der Waals surface area contributed by atoms with Gasteiger partial charge in [-0.15, -0.1) is 0 Å². The van der Waals surface area contributed by atoms with E-state index < -0.39 is 5.97 Å². The second-order valence-electron chi connectivity index (χ2n) is 5.42. The average molecular weight is 336 g/mol. The van der Waals surface area contributed by atoms with Crippen molar-refractivity contribution in [2.75, 3.05) is 12.0 Å². The van der Waals surface area contributed by atoms with E-state index in [4.69, 9.17) is 21.4 Å². The van der Waals surface area contributed by atoms with Gasteiger partial charge in [-0.2, -0.15) is 0 Å². The second-order valence-corrected chi connectivity index (χ2v) is 5.83. The molecule has 23 heavy (non-hydrogen) atoms. The molecule has 2 aliphatic rings. The number of anilines is 1. The minimum absolute atomic E-state index is 0.0183. The van der Waals surface area contributed by atoms with Gasteiger partial charge in [0, 0.05) is 17.2 Å². The smallest absolute Gasteiger partial charge is 0.339 e. The fourth-order valence-corrected chi connectivity index (χ4v) is 3.26. The van der Waals surface area contributed by atoms with Crippen molar-refractivity contribution in [3.8, 4) is 5.75 Å². The second kappa shape index (κ2) is 5.70. The van der Waals surface area contributed by atoms with E-state index in [0.29, 0.717) is 24.0 Å². The highest BCUT2D eigenvalue weighted by atomic mass is 35.5. The molecule has 0 spiro atoms. The first kappa shape index (κ1) is 15.6. The number of carboxylic acid groups (broad SMARTS) is 1. The number of hydrogen-bond acceptors (Lipinski definition) is 4. The fraction of sp³-hybridized carbons (Fsp3) is 0.312. The Morgan fingerprint density at radius 1 is 1.17 bits per heavy atom. The molecule has 0 bridgehead atoms. The third-order valence-corrected chi connectivity index (χ3v) is 4.43. The molecule has 0 radical (unpaired) electrons. The van der Waals surface area contributed by atoms with Gasteiger partial charge in [0.25, 0.3) is 11.8 Å². The molecule has 7 heteroatoms. The Kier molecular flexibility index (Phi) is 3.85. The van der Waals surface area contributed by atoms with E-state index in [-0.39, 0.29) is 33.8 Å². The zero-order chi connectivity index (χ0) is 16.7. The zero-order valence-corrected chi connectivity index (χ0v) is 13.1. The summed E-state index contributed by atoms with van der Waals surface area (Å²) in [6, 6.07) is 2.51. The first-order valence-electron chi connectivity index (χ1n) is 7.17. The molecular formula is C16H14ClNO5. The minimum Gasteiger partial charge on any atom is -0.496 e. The molecule has 0 saturated carbocycles. The molecule has 2 amide bonds. The predicted molar refractivity (Wildman–Crippen MR) is 83.0 cm³/mol. The number of benzene rings is 1. The Morgan fingerprint density at radius 2 is 1.74 bits per heavy atom. The van der Waals surface area contributed by atoms with Crippen LogP contribution in [0.5, 0.6) is 5.75 Å². The lowest BCUT2D eigenvalue weighted by molar-refractivity contribution is -0.120. The molecule has 1 heterocycles. The SMILES string of the molecule is COc1cc(N2C(=O)C3=C(CCCC3)C2=O)c(Cl)cc1C(=O)O. The van der Waals surface area contributed by atoms with Crippen molar-refractivity contribution in [2.45, 2.75) is 25.7 Å². The van der Waals surface area contributed by atoms with E-state index >= 15 is 0 Å². The Balaban J connectivity index is 2.08. The van der Waals surface area contributed by atoms with Crippen molar-refractivity contribution in [3.63, 3.8) is 0 Å². The van der Waals surface area contributed by atoms with Gasteiger partial charge in [0.05, 0.1) is 17.8 Å². The Bertz CT molecular complexity index is 740. The summed E-state index contributed by atoms with van der Waals surface area (Å²) < 4.78 is 5.05. The van der Waals surface area contributed by atoms with Crippen LogP contribution in [0, 0.1) is 0 Å². The van der Waals surface area contributed by atoms with E-state index in [9.17, 15) is 14.4 Å². The first-order chi connectivity index (χ1) is 11.0. The number of rotatable bonds is 3. The maximum Gasteiger partial charge on any atom is 0.339 e. The number of carbonyl (C=O) groups excluding carboxylic acids is 2. The van der Waals surface area contributed by atoms with Gasteiger partial charge in [0.1, 0.15) is 11.3 Å². The minimum atomic E-state index is -1.20. The monoisotopic (exact) mass is 335 g/mol. The molecule has 6 nitrogen and oxygen atoms in total. The molecule has 0 aromatic heterocycles. The molecule has 1 N–H and O–H groups in total. The van der Waals surface area contributed by atoms with Crippen LogP contribution in [0.1, 0.15) is 36.0 Å². The Morgan fingerprint density at radius 3 is 2.22 bits per heavy atom. The van der Waals surface area contributed by atoms with Crippen molar-refractivity contribution < 1.29 is 24.2 Å². The third kappa shape index (κ3) is 2.39. The molecule has 1 aromatic rings. The summed E-state index contributed by atoms with van der Waals surface area (Å²) in [6.07, 6.45) is 2.91. The standard InChI is InChI=1S/C16H14ClNO5/c1-23-13-7-12(11(17)6-10(13)16(21)22)18-14(19)8-4-2-3-5-9(8)15(18)20/h6-7H,2-5H2,1H3,(H,21,22). The van der Waals surface area contributed by atoms with E-state index in [1.165, 1.54) is 19.2 Å². The van der Waals surface area contributed by atoms with Gasteiger partial charge in [0.2, 0.25) is 0 Å². The number of amides is 2. The quantitative estimate of drug-likeness (QED) is 0.859. The summed E-state index contributed by atoms with van der Waals surface area (Å²) in [5.74, 6) is -1.91. The molecule has 120 valence electrons. The van der Waals surface area contributed by atoms with Crippen LogP contribution in [0.15, 0.2) is 23.3 Å². The summed E-state index contributed by atoms with van der Waals surface area (Å²) in [6.45, 7) is 0. The van der Waals surface area contributed by atoms with E-state index in [0.717, 1.165) is 17.7 Å². The number of ether oxygens (including phenoxy) is 1. The van der Waals surface area contributed by atoms with E-state index in [2.05, 4.69) is 0 Å². The lowest BCUT2D eigenvalue weighted by atomic mass is 9.93. The lowest BCUT2D eigenvalue weighted by Gasteiger charge is -2.18. The summed E-state index contributed by atoms with van der Waals surface area (Å²) >= 11 is 6.13. The fourth-order valence-electron chi connectivity index (χ4n) is 3.01. The van der Waals surface area contributed by atoms with Crippen LogP contribution >= 0.6 is 11.6 Å². The number of halogens is 1. The van der Waals surface area contributed by atoms with Crippen molar-refractivity contribution in [1.82, 2.24) is 0 Å². The van der Waals surface area contributed by atoms with Gasteiger partial charge >= 0.3 is 5.97 Å². The van der Waals surface area contributed by atoms with Crippen LogP contribution in [0.25, 0.3) is 0 Å². The molecule has 1 aliphatic carbocycles.